The summed E-state index contributed by atoms with van der Waals surface area (Å²) in [6, 6.07) is 16.4. The van der Waals surface area contributed by atoms with E-state index >= 15 is 0 Å². The molecule has 0 unspecified atom stereocenters. The number of fused-ring (bicyclic) bond motifs is 1. The molecule has 0 radical (unpaired) electrons. The van der Waals surface area contributed by atoms with Gasteiger partial charge in [-0.25, -0.2) is 4.98 Å². The first-order chi connectivity index (χ1) is 10.7. The average Bonchev–Trinajstić information content (AvgIpc) is 2.89. The number of nitrogens with one attached hydrogen (secondary N) is 3. The van der Waals surface area contributed by atoms with Gasteiger partial charge in [-0.1, -0.05) is 42.0 Å². The molecule has 3 N–H and O–H groups in total. The summed E-state index contributed by atoms with van der Waals surface area (Å²) in [5.74, 6) is 0.661. The van der Waals surface area contributed by atoms with Crippen molar-refractivity contribution in [1.82, 2.24) is 15.3 Å². The standard InChI is InChI=1S/C17H18N4S/c1-12-5-4-6-13(11-12)9-10-18-17(22)21-16-19-14-7-2-3-8-15(14)20-16/h2-8,11H,9-10H2,1H3,(H3,18,19,20,21,22). The van der Waals surface area contributed by atoms with Crippen molar-refractivity contribution in [3.05, 3.63) is 59.7 Å². The minimum absolute atomic E-state index is 0.576. The summed E-state index contributed by atoms with van der Waals surface area (Å²) in [6.45, 7) is 2.89. The van der Waals surface area contributed by atoms with Gasteiger partial charge in [-0.2, -0.15) is 0 Å². The number of H-pyrrole nitrogens is 1. The van der Waals surface area contributed by atoms with Crippen LogP contribution in [-0.4, -0.2) is 21.6 Å². The van der Waals surface area contributed by atoms with Crippen LogP contribution < -0.4 is 10.6 Å². The number of nitrogens with zero attached hydrogens (tertiary/aromatic N) is 1. The predicted octanol–water partition coefficient (Wildman–Crippen LogP) is 3.40. The Bertz CT molecular complexity index is 761. The van der Waals surface area contributed by atoms with E-state index in [-0.39, 0.29) is 0 Å². The van der Waals surface area contributed by atoms with Crippen molar-refractivity contribution in [2.24, 2.45) is 0 Å². The predicted molar refractivity (Wildman–Crippen MR) is 95.2 cm³/mol. The highest BCUT2D eigenvalue weighted by molar-refractivity contribution is 7.80. The molecule has 0 spiro atoms. The summed E-state index contributed by atoms with van der Waals surface area (Å²) < 4.78 is 0. The Kier molecular flexibility index (Phi) is 4.34. The second kappa shape index (κ2) is 6.58. The SMILES string of the molecule is Cc1cccc(CCNC(=S)Nc2nc3ccccc3[nH]2)c1. The first kappa shape index (κ1) is 14.5. The Morgan fingerprint density at radius 1 is 1.18 bits per heavy atom. The highest BCUT2D eigenvalue weighted by atomic mass is 32.1. The Labute approximate surface area is 135 Å². The first-order valence-electron chi connectivity index (χ1n) is 7.26. The number of imidazole rings is 1. The van der Waals surface area contributed by atoms with E-state index in [9.17, 15) is 0 Å². The number of aromatic nitrogens is 2. The lowest BCUT2D eigenvalue weighted by Gasteiger charge is -2.08. The average molecular weight is 310 g/mol. The van der Waals surface area contributed by atoms with E-state index in [0.717, 1.165) is 24.0 Å². The molecule has 1 aromatic heterocycles. The number of anilines is 1. The summed E-state index contributed by atoms with van der Waals surface area (Å²) in [5, 5.41) is 6.86. The van der Waals surface area contributed by atoms with Crippen LogP contribution in [0.15, 0.2) is 48.5 Å². The van der Waals surface area contributed by atoms with E-state index in [0.29, 0.717) is 11.1 Å². The third kappa shape index (κ3) is 3.62. The second-order valence-corrected chi connectivity index (χ2v) is 5.63. The van der Waals surface area contributed by atoms with Crippen LogP contribution in [0, 0.1) is 6.92 Å². The minimum atomic E-state index is 0.576. The molecule has 0 saturated heterocycles. The highest BCUT2D eigenvalue weighted by Crippen LogP contribution is 2.13. The maximum atomic E-state index is 5.30. The van der Waals surface area contributed by atoms with Crippen LogP contribution >= 0.6 is 12.2 Å². The largest absolute Gasteiger partial charge is 0.362 e. The summed E-state index contributed by atoms with van der Waals surface area (Å²) in [6.07, 6.45) is 0.934. The quantitative estimate of drug-likeness (QED) is 0.647. The number of hydrogen-bond donors (Lipinski definition) is 3. The molecule has 0 atom stereocenters. The van der Waals surface area contributed by atoms with E-state index in [1.165, 1.54) is 11.1 Å². The molecule has 0 aliphatic heterocycles. The Balaban J connectivity index is 1.52. The fraction of sp³-hybridized carbons (Fsp3) is 0.176. The van der Waals surface area contributed by atoms with Crippen molar-refractivity contribution in [2.45, 2.75) is 13.3 Å². The van der Waals surface area contributed by atoms with Crippen molar-refractivity contribution >= 4 is 34.3 Å². The summed E-state index contributed by atoms with van der Waals surface area (Å²) in [5.41, 5.74) is 4.50. The van der Waals surface area contributed by atoms with E-state index in [1.54, 1.807) is 0 Å². The monoisotopic (exact) mass is 310 g/mol. The lowest BCUT2D eigenvalue weighted by molar-refractivity contribution is 0.871. The third-order valence-electron chi connectivity index (χ3n) is 3.40. The van der Waals surface area contributed by atoms with Gasteiger partial charge in [-0.05, 0) is 43.3 Å². The number of thiocarbonyl (C=S) groups is 1. The van der Waals surface area contributed by atoms with Crippen LogP contribution in [0.1, 0.15) is 11.1 Å². The molecule has 0 fully saturated rings. The van der Waals surface area contributed by atoms with Gasteiger partial charge < -0.3 is 15.6 Å². The molecule has 4 nitrogen and oxygen atoms in total. The summed E-state index contributed by atoms with van der Waals surface area (Å²) in [4.78, 5) is 7.63. The van der Waals surface area contributed by atoms with Crippen LogP contribution in [0.4, 0.5) is 5.95 Å². The maximum Gasteiger partial charge on any atom is 0.207 e. The number of aryl methyl sites for hydroxylation is 1. The van der Waals surface area contributed by atoms with Crippen LogP contribution in [0.3, 0.4) is 0 Å². The molecule has 0 bridgehead atoms. The Morgan fingerprint density at radius 2 is 2.05 bits per heavy atom. The molecular weight excluding hydrogens is 292 g/mol. The maximum absolute atomic E-state index is 5.30. The van der Waals surface area contributed by atoms with E-state index in [4.69, 9.17) is 12.2 Å². The van der Waals surface area contributed by atoms with Crippen LogP contribution in [0.25, 0.3) is 11.0 Å². The molecule has 3 aromatic rings. The molecule has 1 heterocycles. The Hall–Kier alpha value is -2.40. The van der Waals surface area contributed by atoms with Gasteiger partial charge in [0.1, 0.15) is 0 Å². The lowest BCUT2D eigenvalue weighted by atomic mass is 10.1. The zero-order chi connectivity index (χ0) is 15.4. The number of aromatic amines is 1. The van der Waals surface area contributed by atoms with Crippen molar-refractivity contribution in [2.75, 3.05) is 11.9 Å². The smallest absolute Gasteiger partial charge is 0.207 e. The number of rotatable bonds is 4. The van der Waals surface area contributed by atoms with Gasteiger partial charge in [-0.15, -0.1) is 0 Å². The topological polar surface area (TPSA) is 52.7 Å². The fourth-order valence-electron chi connectivity index (χ4n) is 2.35. The van der Waals surface area contributed by atoms with Gasteiger partial charge in [0.25, 0.3) is 0 Å². The number of para-hydroxylation sites is 2. The van der Waals surface area contributed by atoms with E-state index in [1.807, 2.05) is 24.3 Å². The fourth-order valence-corrected chi connectivity index (χ4v) is 2.55. The van der Waals surface area contributed by atoms with Gasteiger partial charge >= 0.3 is 0 Å². The molecule has 0 aliphatic carbocycles. The zero-order valence-corrected chi connectivity index (χ0v) is 13.2. The van der Waals surface area contributed by atoms with Crippen molar-refractivity contribution < 1.29 is 0 Å². The van der Waals surface area contributed by atoms with E-state index in [2.05, 4.69) is 51.8 Å². The molecule has 0 aliphatic rings. The summed E-state index contributed by atoms with van der Waals surface area (Å²) in [7, 11) is 0. The zero-order valence-electron chi connectivity index (χ0n) is 12.4. The molecule has 112 valence electrons. The van der Waals surface area contributed by atoms with Crippen molar-refractivity contribution in [3.63, 3.8) is 0 Å². The van der Waals surface area contributed by atoms with Gasteiger partial charge in [0.15, 0.2) is 5.11 Å². The molecular formula is C17H18N4S. The van der Waals surface area contributed by atoms with Crippen molar-refractivity contribution in [3.8, 4) is 0 Å². The van der Waals surface area contributed by atoms with Gasteiger partial charge in [0, 0.05) is 6.54 Å². The number of hydrogen-bond acceptors (Lipinski definition) is 2. The molecule has 2 aromatic carbocycles. The normalized spacial score (nSPS) is 10.6. The first-order valence-corrected chi connectivity index (χ1v) is 7.67. The summed E-state index contributed by atoms with van der Waals surface area (Å²) >= 11 is 5.30. The molecule has 0 saturated carbocycles. The third-order valence-corrected chi connectivity index (χ3v) is 3.65. The molecule has 0 amide bonds. The van der Waals surface area contributed by atoms with E-state index < -0.39 is 0 Å². The van der Waals surface area contributed by atoms with Crippen molar-refractivity contribution in [1.29, 1.82) is 0 Å². The minimum Gasteiger partial charge on any atom is -0.362 e. The van der Waals surface area contributed by atoms with Gasteiger partial charge in [0.05, 0.1) is 11.0 Å². The van der Waals surface area contributed by atoms with Crippen LogP contribution in [0.5, 0.6) is 0 Å². The highest BCUT2D eigenvalue weighted by Gasteiger charge is 2.03. The Morgan fingerprint density at radius 3 is 2.86 bits per heavy atom. The molecule has 3 rings (SSSR count). The van der Waals surface area contributed by atoms with Crippen LogP contribution in [0.2, 0.25) is 0 Å². The molecule has 5 heteroatoms. The second-order valence-electron chi connectivity index (χ2n) is 5.22. The number of benzene rings is 2. The van der Waals surface area contributed by atoms with Crippen LogP contribution in [-0.2, 0) is 6.42 Å². The van der Waals surface area contributed by atoms with Gasteiger partial charge in [-0.3, -0.25) is 0 Å². The molecule has 22 heavy (non-hydrogen) atoms. The van der Waals surface area contributed by atoms with Gasteiger partial charge in [0.2, 0.25) is 5.95 Å². The lowest BCUT2D eigenvalue weighted by Crippen LogP contribution is -2.30.